The quantitative estimate of drug-likeness (QED) is 0.791. The zero-order valence-corrected chi connectivity index (χ0v) is 15.9. The number of carbonyl (C=O) groups is 2. The molecule has 0 aromatic rings. The van der Waals surface area contributed by atoms with Gasteiger partial charge in [-0.3, -0.25) is 9.69 Å². The van der Waals surface area contributed by atoms with Crippen LogP contribution in [-0.2, 0) is 9.53 Å². The van der Waals surface area contributed by atoms with Gasteiger partial charge in [0.05, 0.1) is 6.04 Å². The number of rotatable bonds is 3. The molecule has 0 spiro atoms. The average molecular weight is 339 g/mol. The minimum atomic E-state index is -0.456. The molecule has 6 heteroatoms. The number of nitrogens with zero attached hydrogens (tertiary/aromatic N) is 3. The lowest BCUT2D eigenvalue weighted by molar-refractivity contribution is -0.133. The molecule has 2 amide bonds. The molecule has 0 aromatic heterocycles. The van der Waals surface area contributed by atoms with Crippen LogP contribution < -0.4 is 0 Å². The lowest BCUT2D eigenvalue weighted by Gasteiger charge is -2.37. The van der Waals surface area contributed by atoms with Crippen LogP contribution in [0, 0.1) is 5.92 Å². The Balaban J connectivity index is 1.90. The zero-order valence-electron chi connectivity index (χ0n) is 15.9. The molecule has 2 atom stereocenters. The van der Waals surface area contributed by atoms with E-state index >= 15 is 0 Å². The molecule has 138 valence electrons. The lowest BCUT2D eigenvalue weighted by atomic mass is 9.97. The highest BCUT2D eigenvalue weighted by molar-refractivity contribution is 5.81. The van der Waals surface area contributed by atoms with Gasteiger partial charge >= 0.3 is 6.09 Å². The Morgan fingerprint density at radius 3 is 2.42 bits per heavy atom. The molecule has 0 N–H and O–H groups in total. The van der Waals surface area contributed by atoms with E-state index in [0.717, 1.165) is 51.9 Å². The highest BCUT2D eigenvalue weighted by atomic mass is 16.6. The Morgan fingerprint density at radius 1 is 1.12 bits per heavy atom. The SMILES string of the molecule is CN(C)C(=O)C1CCCN1CC1CCCN(C(=O)OC(C)(C)C)C1. The van der Waals surface area contributed by atoms with E-state index in [2.05, 4.69) is 4.90 Å². The van der Waals surface area contributed by atoms with Crippen molar-refractivity contribution >= 4 is 12.0 Å². The minimum absolute atomic E-state index is 0.0110. The van der Waals surface area contributed by atoms with Crippen LogP contribution in [0.5, 0.6) is 0 Å². The summed E-state index contributed by atoms with van der Waals surface area (Å²) in [4.78, 5) is 30.4. The average Bonchev–Trinajstić information content (AvgIpc) is 2.93. The van der Waals surface area contributed by atoms with Crippen LogP contribution in [0.3, 0.4) is 0 Å². The van der Waals surface area contributed by atoms with Gasteiger partial charge in [-0.1, -0.05) is 0 Å². The van der Waals surface area contributed by atoms with Crippen molar-refractivity contribution in [3.05, 3.63) is 0 Å². The third kappa shape index (κ3) is 5.10. The van der Waals surface area contributed by atoms with Crippen molar-refractivity contribution in [2.75, 3.05) is 40.3 Å². The largest absolute Gasteiger partial charge is 0.444 e. The van der Waals surface area contributed by atoms with Gasteiger partial charge in [-0.25, -0.2) is 4.79 Å². The Kier molecular flexibility index (Phi) is 6.12. The fraction of sp³-hybridized carbons (Fsp3) is 0.889. The van der Waals surface area contributed by atoms with Crippen LogP contribution in [0.1, 0.15) is 46.5 Å². The summed E-state index contributed by atoms with van der Waals surface area (Å²) in [6.07, 6.45) is 3.92. The third-order valence-electron chi connectivity index (χ3n) is 4.75. The first-order valence-corrected chi connectivity index (χ1v) is 9.10. The third-order valence-corrected chi connectivity index (χ3v) is 4.75. The van der Waals surface area contributed by atoms with Crippen LogP contribution >= 0.6 is 0 Å². The van der Waals surface area contributed by atoms with Crippen molar-refractivity contribution < 1.29 is 14.3 Å². The van der Waals surface area contributed by atoms with E-state index in [1.165, 1.54) is 0 Å². The predicted octanol–water partition coefficient (Wildman–Crippen LogP) is 2.19. The zero-order chi connectivity index (χ0) is 17.9. The van der Waals surface area contributed by atoms with Crippen molar-refractivity contribution in [2.24, 2.45) is 5.92 Å². The van der Waals surface area contributed by atoms with E-state index in [-0.39, 0.29) is 18.0 Å². The van der Waals surface area contributed by atoms with Crippen LogP contribution in [0.25, 0.3) is 0 Å². The van der Waals surface area contributed by atoms with Crippen molar-refractivity contribution in [1.29, 1.82) is 0 Å². The molecule has 2 aliphatic rings. The molecule has 0 aromatic carbocycles. The number of piperidine rings is 1. The first kappa shape index (κ1) is 19.0. The van der Waals surface area contributed by atoms with E-state index in [1.54, 1.807) is 4.90 Å². The van der Waals surface area contributed by atoms with Gasteiger partial charge in [-0.2, -0.15) is 0 Å². The molecule has 0 bridgehead atoms. The molecular formula is C18H33N3O3. The highest BCUT2D eigenvalue weighted by Gasteiger charge is 2.35. The molecule has 2 aliphatic heterocycles. The number of carbonyl (C=O) groups excluding carboxylic acids is 2. The topological polar surface area (TPSA) is 53.1 Å². The minimum Gasteiger partial charge on any atom is -0.444 e. The van der Waals surface area contributed by atoms with Crippen molar-refractivity contribution in [1.82, 2.24) is 14.7 Å². The molecule has 0 saturated carbocycles. The van der Waals surface area contributed by atoms with E-state index in [9.17, 15) is 9.59 Å². The van der Waals surface area contributed by atoms with Crippen LogP contribution in [-0.4, -0.2) is 78.6 Å². The van der Waals surface area contributed by atoms with Gasteiger partial charge in [-0.15, -0.1) is 0 Å². The number of amides is 2. The number of likely N-dealkylation sites (tertiary alicyclic amines) is 2. The maximum atomic E-state index is 12.3. The smallest absolute Gasteiger partial charge is 0.410 e. The number of hydrogen-bond acceptors (Lipinski definition) is 4. The summed E-state index contributed by atoms with van der Waals surface area (Å²) < 4.78 is 5.50. The maximum Gasteiger partial charge on any atom is 0.410 e. The van der Waals surface area contributed by atoms with E-state index < -0.39 is 5.60 Å². The summed E-state index contributed by atoms with van der Waals surface area (Å²) in [5.74, 6) is 0.620. The molecule has 2 unspecified atom stereocenters. The second kappa shape index (κ2) is 7.72. The summed E-state index contributed by atoms with van der Waals surface area (Å²) in [5, 5.41) is 0. The Morgan fingerprint density at radius 2 is 1.79 bits per heavy atom. The van der Waals surface area contributed by atoms with Gasteiger partial charge in [0.25, 0.3) is 0 Å². The van der Waals surface area contributed by atoms with Gasteiger partial charge in [-0.05, 0) is 58.9 Å². The van der Waals surface area contributed by atoms with Crippen molar-refractivity contribution in [3.63, 3.8) is 0 Å². The van der Waals surface area contributed by atoms with Gasteiger partial charge in [0.1, 0.15) is 5.60 Å². The highest BCUT2D eigenvalue weighted by Crippen LogP contribution is 2.25. The maximum absolute atomic E-state index is 12.3. The fourth-order valence-electron chi connectivity index (χ4n) is 3.66. The molecule has 0 radical (unpaired) electrons. The molecule has 2 rings (SSSR count). The summed E-state index contributed by atoms with van der Waals surface area (Å²) in [6, 6.07) is 0.0110. The summed E-state index contributed by atoms with van der Waals surface area (Å²) in [6.45, 7) is 9.06. The molecule has 2 fully saturated rings. The first-order chi connectivity index (χ1) is 11.2. The summed E-state index contributed by atoms with van der Waals surface area (Å²) in [7, 11) is 3.65. The lowest BCUT2D eigenvalue weighted by Crippen LogP contribution is -2.48. The van der Waals surface area contributed by atoms with Crippen LogP contribution in [0.4, 0.5) is 4.79 Å². The normalized spacial score (nSPS) is 25.6. The monoisotopic (exact) mass is 339 g/mol. The first-order valence-electron chi connectivity index (χ1n) is 9.10. The van der Waals surface area contributed by atoms with Crippen molar-refractivity contribution in [3.8, 4) is 0 Å². The number of likely N-dealkylation sites (N-methyl/N-ethyl adjacent to an activating group) is 1. The Bertz CT molecular complexity index is 459. The van der Waals surface area contributed by atoms with Crippen LogP contribution in [0.15, 0.2) is 0 Å². The number of hydrogen-bond donors (Lipinski definition) is 0. The second-order valence-electron chi connectivity index (χ2n) is 8.32. The molecule has 6 nitrogen and oxygen atoms in total. The fourth-order valence-corrected chi connectivity index (χ4v) is 3.66. The van der Waals surface area contributed by atoms with Gasteiger partial charge in [0, 0.05) is 33.7 Å². The predicted molar refractivity (Wildman–Crippen MR) is 93.8 cm³/mol. The second-order valence-corrected chi connectivity index (χ2v) is 8.32. The molecule has 2 saturated heterocycles. The molecular weight excluding hydrogens is 306 g/mol. The summed E-state index contributed by atoms with van der Waals surface area (Å²) >= 11 is 0. The molecule has 2 heterocycles. The Hall–Kier alpha value is -1.30. The van der Waals surface area contributed by atoms with Gasteiger partial charge < -0.3 is 14.5 Å². The van der Waals surface area contributed by atoms with E-state index in [4.69, 9.17) is 4.74 Å². The van der Waals surface area contributed by atoms with E-state index in [0.29, 0.717) is 5.92 Å². The Labute approximate surface area is 146 Å². The van der Waals surface area contributed by atoms with Crippen LogP contribution in [0.2, 0.25) is 0 Å². The standard InChI is InChI=1S/C18H33N3O3/c1-18(2,3)24-17(23)21-11-6-8-14(13-21)12-20-10-7-9-15(20)16(22)19(4)5/h14-15H,6-13H2,1-5H3. The van der Waals surface area contributed by atoms with Crippen molar-refractivity contribution in [2.45, 2.75) is 58.1 Å². The van der Waals surface area contributed by atoms with Gasteiger partial charge in [0.15, 0.2) is 0 Å². The molecule has 24 heavy (non-hydrogen) atoms. The molecule has 0 aliphatic carbocycles. The van der Waals surface area contributed by atoms with Gasteiger partial charge in [0.2, 0.25) is 5.91 Å². The summed E-state index contributed by atoms with van der Waals surface area (Å²) in [5.41, 5.74) is -0.456. The van der Waals surface area contributed by atoms with E-state index in [1.807, 2.05) is 39.8 Å². The number of ether oxygens (including phenoxy) is 1.